The van der Waals surface area contributed by atoms with Gasteiger partial charge in [-0.25, -0.2) is 4.98 Å². The largest absolute Gasteiger partial charge is 0.489 e. The molecule has 5 nitrogen and oxygen atoms in total. The summed E-state index contributed by atoms with van der Waals surface area (Å²) in [6.07, 6.45) is 4.37. The molecule has 2 aromatic rings. The number of benzene rings is 1. The van der Waals surface area contributed by atoms with Gasteiger partial charge in [0.25, 0.3) is 0 Å². The molecule has 7 heteroatoms. The first kappa shape index (κ1) is 19.8. The van der Waals surface area contributed by atoms with Gasteiger partial charge in [0.05, 0.1) is 17.0 Å². The predicted molar refractivity (Wildman–Crippen MR) is 102 cm³/mol. The molecule has 0 bridgehead atoms. The second-order valence-corrected chi connectivity index (χ2v) is 7.62. The van der Waals surface area contributed by atoms with E-state index in [-0.39, 0.29) is 12.1 Å². The fourth-order valence-corrected chi connectivity index (χ4v) is 2.69. The molecule has 136 valence electrons. The fraction of sp³-hybridized carbons (Fsp3) is 0.389. The average molecular weight is 384 g/mol. The highest BCUT2D eigenvalue weighted by Gasteiger charge is 2.17. The Labute approximate surface area is 158 Å². The van der Waals surface area contributed by atoms with Crippen LogP contribution in [0.3, 0.4) is 0 Å². The van der Waals surface area contributed by atoms with E-state index >= 15 is 0 Å². The van der Waals surface area contributed by atoms with Crippen molar-refractivity contribution in [3.8, 4) is 5.75 Å². The summed E-state index contributed by atoms with van der Waals surface area (Å²) in [5, 5.41) is 14.2. The lowest BCUT2D eigenvalue weighted by atomic mass is 10.1. The molecule has 0 radical (unpaired) electrons. The summed E-state index contributed by atoms with van der Waals surface area (Å²) in [5.41, 5.74) is 1.19. The van der Waals surface area contributed by atoms with Gasteiger partial charge in [0, 0.05) is 35.1 Å². The van der Waals surface area contributed by atoms with Crippen LogP contribution in [0.5, 0.6) is 5.75 Å². The highest BCUT2D eigenvalue weighted by Crippen LogP contribution is 2.36. The summed E-state index contributed by atoms with van der Waals surface area (Å²) in [4.78, 5) is 4.01. The van der Waals surface area contributed by atoms with Crippen molar-refractivity contribution >= 4 is 28.9 Å². The summed E-state index contributed by atoms with van der Waals surface area (Å²) >= 11 is 12.4. The zero-order chi connectivity index (χ0) is 18.6. The normalized spacial score (nSPS) is 12.9. The van der Waals surface area contributed by atoms with Crippen LogP contribution in [0.25, 0.3) is 5.70 Å². The zero-order valence-corrected chi connectivity index (χ0v) is 16.1. The monoisotopic (exact) mass is 383 g/mol. The van der Waals surface area contributed by atoms with Crippen LogP contribution in [-0.4, -0.2) is 39.5 Å². The number of aliphatic hydroxyl groups excluding tert-OH is 1. The van der Waals surface area contributed by atoms with Crippen LogP contribution in [0.1, 0.15) is 26.3 Å². The maximum atomic E-state index is 10.1. The first-order valence-electron chi connectivity index (χ1n) is 7.90. The van der Waals surface area contributed by atoms with Gasteiger partial charge in [-0.15, -0.1) is 0 Å². The Bertz CT molecular complexity index is 725. The molecule has 1 aromatic heterocycles. The lowest BCUT2D eigenvalue weighted by molar-refractivity contribution is 0.0999. The number of β-amino-alcohol motifs (C(OH)–C–C–N with tert-alkyl or cyclic N) is 1. The van der Waals surface area contributed by atoms with Crippen molar-refractivity contribution in [1.29, 1.82) is 0 Å². The number of nitrogens with one attached hydrogen (secondary N) is 1. The molecule has 0 aliphatic carbocycles. The van der Waals surface area contributed by atoms with Gasteiger partial charge >= 0.3 is 0 Å². The van der Waals surface area contributed by atoms with Crippen LogP contribution < -0.4 is 10.1 Å². The van der Waals surface area contributed by atoms with E-state index in [9.17, 15) is 5.11 Å². The molecule has 0 fully saturated rings. The third kappa shape index (κ3) is 5.75. The summed E-state index contributed by atoms with van der Waals surface area (Å²) in [6, 6.07) is 3.33. The number of hydrogen-bond acceptors (Lipinski definition) is 4. The first-order valence-corrected chi connectivity index (χ1v) is 8.65. The Morgan fingerprint density at radius 1 is 1.40 bits per heavy atom. The van der Waals surface area contributed by atoms with Crippen LogP contribution in [0.15, 0.2) is 37.4 Å². The highest BCUT2D eigenvalue weighted by atomic mass is 35.5. The molecule has 25 heavy (non-hydrogen) atoms. The van der Waals surface area contributed by atoms with E-state index in [1.165, 1.54) is 0 Å². The topological polar surface area (TPSA) is 59.3 Å². The number of aromatic nitrogens is 2. The van der Waals surface area contributed by atoms with E-state index < -0.39 is 6.10 Å². The Morgan fingerprint density at radius 2 is 2.12 bits per heavy atom. The molecular formula is C18H23Cl2N3O2. The van der Waals surface area contributed by atoms with Gasteiger partial charge in [-0.2, -0.15) is 0 Å². The van der Waals surface area contributed by atoms with Gasteiger partial charge in [-0.05, 0) is 32.9 Å². The van der Waals surface area contributed by atoms with Crippen molar-refractivity contribution in [3.63, 3.8) is 0 Å². The zero-order valence-electron chi connectivity index (χ0n) is 14.6. The lowest BCUT2D eigenvalue weighted by Gasteiger charge is -2.23. The van der Waals surface area contributed by atoms with E-state index in [4.69, 9.17) is 27.9 Å². The molecule has 2 N–H and O–H groups in total. The van der Waals surface area contributed by atoms with E-state index in [2.05, 4.69) is 16.9 Å². The molecule has 0 aliphatic heterocycles. The molecule has 0 saturated carbocycles. The molecule has 1 heterocycles. The van der Waals surface area contributed by atoms with Gasteiger partial charge < -0.3 is 19.7 Å². The molecule has 0 saturated heterocycles. The van der Waals surface area contributed by atoms with Crippen molar-refractivity contribution in [2.24, 2.45) is 0 Å². The Balaban J connectivity index is 2.16. The van der Waals surface area contributed by atoms with Crippen LogP contribution in [0, 0.1) is 0 Å². The average Bonchev–Trinajstić information content (AvgIpc) is 3.04. The Kier molecular flexibility index (Phi) is 6.52. The van der Waals surface area contributed by atoms with Gasteiger partial charge in [0.1, 0.15) is 18.5 Å². The maximum Gasteiger partial charge on any atom is 0.147 e. The molecule has 1 aromatic carbocycles. The first-order chi connectivity index (χ1) is 11.7. The molecule has 2 rings (SSSR count). The number of rotatable bonds is 7. The smallest absolute Gasteiger partial charge is 0.147 e. The fourth-order valence-electron chi connectivity index (χ4n) is 2.14. The number of imidazole rings is 1. The van der Waals surface area contributed by atoms with Gasteiger partial charge in [0.15, 0.2) is 0 Å². The second-order valence-electron chi connectivity index (χ2n) is 6.78. The van der Waals surface area contributed by atoms with Crippen LogP contribution in [-0.2, 0) is 0 Å². The van der Waals surface area contributed by atoms with Gasteiger partial charge in [-0.1, -0.05) is 29.8 Å². The van der Waals surface area contributed by atoms with Gasteiger partial charge in [0.2, 0.25) is 0 Å². The third-order valence-corrected chi connectivity index (χ3v) is 3.92. The Morgan fingerprint density at radius 3 is 2.72 bits per heavy atom. The SMILES string of the molecule is C=C(c1cc(Cl)cc(Cl)c1OCC(O)CNC(C)(C)C)n1ccnc1. The predicted octanol–water partition coefficient (Wildman–Crippen LogP) is 3.84. The molecule has 0 amide bonds. The standard InChI is InChI=1S/C18H23Cl2N3O2/c1-12(23-6-5-21-11-23)15-7-13(19)8-16(20)17(15)25-10-14(24)9-22-18(2,3)4/h5-8,11,14,22,24H,1,9-10H2,2-4H3. The minimum absolute atomic E-state index is 0.0836. The van der Waals surface area contributed by atoms with Crippen molar-refractivity contribution in [2.45, 2.75) is 32.4 Å². The summed E-state index contributed by atoms with van der Waals surface area (Å²) < 4.78 is 7.54. The van der Waals surface area contributed by atoms with Crippen molar-refractivity contribution in [1.82, 2.24) is 14.9 Å². The number of halogens is 2. The van der Waals surface area contributed by atoms with Crippen molar-refractivity contribution in [3.05, 3.63) is 53.0 Å². The highest BCUT2D eigenvalue weighted by molar-refractivity contribution is 6.36. The lowest BCUT2D eigenvalue weighted by Crippen LogP contribution is -2.42. The molecule has 0 spiro atoms. The van der Waals surface area contributed by atoms with Crippen molar-refractivity contribution < 1.29 is 9.84 Å². The van der Waals surface area contributed by atoms with E-state index in [1.807, 2.05) is 20.8 Å². The van der Waals surface area contributed by atoms with E-state index in [1.54, 1.807) is 35.4 Å². The van der Waals surface area contributed by atoms with Gasteiger partial charge in [-0.3, -0.25) is 0 Å². The minimum Gasteiger partial charge on any atom is -0.489 e. The minimum atomic E-state index is -0.680. The third-order valence-electron chi connectivity index (χ3n) is 3.42. The van der Waals surface area contributed by atoms with Crippen LogP contribution in [0.4, 0.5) is 0 Å². The quantitative estimate of drug-likeness (QED) is 0.762. The second kappa shape index (κ2) is 8.23. The maximum absolute atomic E-state index is 10.1. The molecule has 0 aliphatic rings. The molecule has 1 unspecified atom stereocenters. The van der Waals surface area contributed by atoms with E-state index in [0.29, 0.717) is 33.6 Å². The van der Waals surface area contributed by atoms with Crippen LogP contribution >= 0.6 is 23.2 Å². The summed E-state index contributed by atoms with van der Waals surface area (Å²) in [7, 11) is 0. The van der Waals surface area contributed by atoms with Crippen molar-refractivity contribution in [2.75, 3.05) is 13.2 Å². The van der Waals surface area contributed by atoms with Crippen LogP contribution in [0.2, 0.25) is 10.0 Å². The molecule has 1 atom stereocenters. The number of nitrogens with zero attached hydrogens (tertiary/aromatic N) is 2. The Hall–Kier alpha value is -1.53. The summed E-state index contributed by atoms with van der Waals surface area (Å²) in [5.74, 6) is 0.430. The number of ether oxygens (including phenoxy) is 1. The number of aliphatic hydroxyl groups is 1. The molecular weight excluding hydrogens is 361 g/mol. The summed E-state index contributed by atoms with van der Waals surface area (Å²) in [6.45, 7) is 10.7. The number of hydrogen-bond donors (Lipinski definition) is 2. The van der Waals surface area contributed by atoms with E-state index in [0.717, 1.165) is 0 Å².